The van der Waals surface area contributed by atoms with Crippen molar-refractivity contribution >= 4 is 6.09 Å². The number of alkyl halides is 1. The molecular formula is C2H7IN3O4-. The van der Waals surface area contributed by atoms with Gasteiger partial charge in [0.25, 0.3) is 0 Å². The number of hydroxylamine groups is 1. The van der Waals surface area contributed by atoms with Crippen LogP contribution in [0.1, 0.15) is 0 Å². The van der Waals surface area contributed by atoms with Gasteiger partial charge in [-0.3, -0.25) is 0 Å². The van der Waals surface area contributed by atoms with E-state index in [1.54, 1.807) is 10.4 Å². The van der Waals surface area contributed by atoms with Crippen LogP contribution in [0.4, 0.5) is 4.79 Å². The van der Waals surface area contributed by atoms with E-state index in [1.807, 2.05) is 0 Å². The molecule has 62 valence electrons. The molecule has 10 heavy (non-hydrogen) atoms. The van der Waals surface area contributed by atoms with Gasteiger partial charge >= 0.3 is 67.1 Å². The molecule has 1 unspecified atom stereocenters. The summed E-state index contributed by atoms with van der Waals surface area (Å²) in [5.41, 5.74) is 1.67. The molecule has 0 aromatic carbocycles. The van der Waals surface area contributed by atoms with Crippen molar-refractivity contribution in [1.29, 1.82) is 0 Å². The van der Waals surface area contributed by atoms with Crippen LogP contribution in [-0.4, -0.2) is 11.0 Å². The van der Waals surface area contributed by atoms with Crippen LogP contribution >= 0.6 is 0 Å². The second-order valence-electron chi connectivity index (χ2n) is 1.04. The predicted octanol–water partition coefficient (Wildman–Crippen LogP) is -5.55. The second-order valence-corrected chi connectivity index (χ2v) is 3.00. The van der Waals surface area contributed by atoms with E-state index in [4.69, 9.17) is 0 Å². The zero-order chi connectivity index (χ0) is 7.98. The molecular weight excluding hydrogens is 257 g/mol. The molecule has 0 fully saturated rings. The van der Waals surface area contributed by atoms with E-state index in [1.165, 1.54) is 0 Å². The Morgan fingerprint density at radius 1 is 1.90 bits per heavy atom. The van der Waals surface area contributed by atoms with Gasteiger partial charge in [-0.25, -0.2) is 0 Å². The van der Waals surface area contributed by atoms with Gasteiger partial charge in [0, 0.05) is 0 Å². The molecule has 0 aromatic rings. The number of halogens is 1. The number of rotatable bonds is 3. The van der Waals surface area contributed by atoms with Crippen molar-refractivity contribution in [2.75, 3.05) is 4.93 Å². The van der Waals surface area contributed by atoms with E-state index in [0.717, 1.165) is 0 Å². The fourth-order valence-corrected chi connectivity index (χ4v) is 0.475. The Hall–Kier alpha value is -0.160. The molecule has 0 rings (SSSR count). The van der Waals surface area contributed by atoms with E-state index in [9.17, 15) is 10.0 Å². The standard InChI is InChI=1S/C2H7IN3O4/c1-3-6(8)10-5-2(7)9-4/h6H,4H2,1H3,(H,5,7)/q-1. The quantitative estimate of drug-likeness (QED) is 0.204. The Morgan fingerprint density at radius 2 is 2.50 bits per heavy atom. The second kappa shape index (κ2) is 5.61. The molecule has 0 aliphatic heterocycles. The molecule has 7 nitrogen and oxygen atoms in total. The maximum absolute atomic E-state index is 10.3. The number of hydrogen-bond acceptors (Lipinski definition) is 5. The Balaban J connectivity index is 3.26. The zero-order valence-electron chi connectivity index (χ0n) is 5.09. The number of nitrogens with one attached hydrogen (secondary N) is 2. The Morgan fingerprint density at radius 3 is 2.90 bits per heavy atom. The third-order valence-corrected chi connectivity index (χ3v) is 1.58. The average molecular weight is 264 g/mol. The first kappa shape index (κ1) is 9.84. The molecule has 8 heteroatoms. The van der Waals surface area contributed by atoms with Crippen LogP contribution in [-0.2, 0) is 9.78 Å². The fourth-order valence-electron chi connectivity index (χ4n) is 0.144. The number of carbonyl (C=O) groups excluding carboxylic acids is 1. The van der Waals surface area contributed by atoms with Crippen molar-refractivity contribution in [1.82, 2.24) is 5.48 Å². The van der Waals surface area contributed by atoms with Crippen LogP contribution in [0.5, 0.6) is 0 Å². The molecule has 0 saturated carbocycles. The minimum atomic E-state index is -0.995. The zero-order valence-corrected chi connectivity index (χ0v) is 7.25. The molecule has 4 N–H and O–H groups in total. The summed E-state index contributed by atoms with van der Waals surface area (Å²) in [5.74, 6) is 4.41. The third kappa shape index (κ3) is 4.69. The van der Waals surface area contributed by atoms with Crippen LogP contribution < -0.4 is 36.3 Å². The van der Waals surface area contributed by atoms with E-state index < -0.39 is 31.0 Å². The molecule has 1 atom stereocenters. The minimum absolute atomic E-state index is 0.454. The van der Waals surface area contributed by atoms with Crippen molar-refractivity contribution in [3.8, 4) is 0 Å². The summed E-state index contributed by atoms with van der Waals surface area (Å²) in [7, 11) is 0. The van der Waals surface area contributed by atoms with Gasteiger partial charge in [-0.2, -0.15) is 0 Å². The van der Waals surface area contributed by atoms with E-state index in [-0.39, 0.29) is 0 Å². The summed E-state index contributed by atoms with van der Waals surface area (Å²) in [6.45, 7) is 0. The number of carbonyl (C=O) groups is 1. The summed E-state index contributed by atoms with van der Waals surface area (Å²) in [6, 6.07) is 0. The van der Waals surface area contributed by atoms with Gasteiger partial charge in [-0.15, -0.1) is 0 Å². The molecule has 0 aliphatic carbocycles. The average Bonchev–Trinajstić information content (AvgIpc) is 1.99. The number of hydrogen-bond donors (Lipinski definition) is 3. The fraction of sp³-hybridized carbons (Fsp3) is 0.500. The first-order valence-electron chi connectivity index (χ1n) is 2.07. The summed E-state index contributed by atoms with van der Waals surface area (Å²) < 4.78 is -0.454. The maximum atomic E-state index is 10.3. The van der Waals surface area contributed by atoms with Crippen LogP contribution in [0.3, 0.4) is 0 Å². The van der Waals surface area contributed by atoms with Gasteiger partial charge in [0.15, 0.2) is 0 Å². The Labute approximate surface area is 67.5 Å². The van der Waals surface area contributed by atoms with Gasteiger partial charge in [0.1, 0.15) is 0 Å². The number of amides is 1. The summed E-state index contributed by atoms with van der Waals surface area (Å²) in [4.78, 5) is 19.6. The SMILES string of the molecule is C[I-][NH+]([O-])ONC(=O)ON. The normalized spacial score (nSPS) is 12.7. The van der Waals surface area contributed by atoms with Gasteiger partial charge in [-0.05, 0) is 0 Å². The first-order chi connectivity index (χ1) is 4.70. The van der Waals surface area contributed by atoms with Crippen molar-refractivity contribution in [3.05, 3.63) is 5.21 Å². The topological polar surface area (TPSA) is 101 Å². The Kier molecular flexibility index (Phi) is 5.52. The van der Waals surface area contributed by atoms with Gasteiger partial charge in [-0.1, -0.05) is 0 Å². The van der Waals surface area contributed by atoms with Crippen LogP contribution in [0.15, 0.2) is 0 Å². The molecule has 0 saturated heterocycles. The van der Waals surface area contributed by atoms with E-state index in [0.29, 0.717) is 0 Å². The molecule has 0 bridgehead atoms. The molecule has 0 heterocycles. The van der Waals surface area contributed by atoms with Crippen molar-refractivity contribution in [2.24, 2.45) is 5.90 Å². The number of quaternary nitrogens is 1. The first-order valence-corrected chi connectivity index (χ1v) is 5.31. The van der Waals surface area contributed by atoms with E-state index >= 15 is 0 Å². The monoisotopic (exact) mass is 264 g/mol. The van der Waals surface area contributed by atoms with Gasteiger partial charge in [0.2, 0.25) is 0 Å². The molecule has 0 aromatic heterocycles. The summed E-state index contributed by atoms with van der Waals surface area (Å²) in [6.07, 6.45) is -0.995. The number of nitrogens with two attached hydrogens (primary N) is 1. The van der Waals surface area contributed by atoms with Crippen molar-refractivity contribution in [3.63, 3.8) is 0 Å². The van der Waals surface area contributed by atoms with Crippen LogP contribution in [0.2, 0.25) is 0 Å². The van der Waals surface area contributed by atoms with Crippen LogP contribution in [0, 0.1) is 5.21 Å². The summed E-state index contributed by atoms with van der Waals surface area (Å²) >= 11 is -0.665. The van der Waals surface area contributed by atoms with Crippen LogP contribution in [0.25, 0.3) is 0 Å². The molecule has 1 amide bonds. The van der Waals surface area contributed by atoms with Gasteiger partial charge < -0.3 is 0 Å². The molecule has 0 aliphatic rings. The molecule has 0 spiro atoms. The summed E-state index contributed by atoms with van der Waals surface area (Å²) in [5, 5.41) is 10.3. The predicted molar refractivity (Wildman–Crippen MR) is 25.1 cm³/mol. The van der Waals surface area contributed by atoms with Crippen molar-refractivity contribution in [2.45, 2.75) is 0 Å². The van der Waals surface area contributed by atoms with Crippen molar-refractivity contribution < 1.29 is 39.5 Å². The van der Waals surface area contributed by atoms with E-state index in [2.05, 4.69) is 15.7 Å². The van der Waals surface area contributed by atoms with Gasteiger partial charge in [0.05, 0.1) is 0 Å². The Bertz CT molecular complexity index is 111. The molecule has 0 radical (unpaired) electrons. The third-order valence-electron chi connectivity index (χ3n) is 0.476.